The molecular formula is C10H11N7O2S2. The zero-order valence-corrected chi connectivity index (χ0v) is 12.1. The SMILES string of the molecule is NC(=S)N/N=C(\C=N\NC(N)=S)c1ccc([N+](=O)[O-])cc1. The van der Waals surface area contributed by atoms with Crippen LogP contribution in [0.5, 0.6) is 0 Å². The van der Waals surface area contributed by atoms with E-state index in [2.05, 4.69) is 45.5 Å². The number of nitrogens with zero attached hydrogens (tertiary/aromatic N) is 3. The smallest absolute Gasteiger partial charge is 0.269 e. The zero-order chi connectivity index (χ0) is 15.8. The van der Waals surface area contributed by atoms with E-state index in [1.54, 1.807) is 0 Å². The summed E-state index contributed by atoms with van der Waals surface area (Å²) < 4.78 is 0. The van der Waals surface area contributed by atoms with Crippen LogP contribution in [0.2, 0.25) is 0 Å². The molecule has 9 nitrogen and oxygen atoms in total. The average Bonchev–Trinajstić information content (AvgIpc) is 2.42. The summed E-state index contributed by atoms with van der Waals surface area (Å²) >= 11 is 9.24. The molecule has 0 amide bonds. The van der Waals surface area contributed by atoms with Crippen molar-refractivity contribution in [3.63, 3.8) is 0 Å². The van der Waals surface area contributed by atoms with E-state index >= 15 is 0 Å². The highest BCUT2D eigenvalue weighted by molar-refractivity contribution is 7.80. The number of nitrogens with one attached hydrogen (secondary N) is 2. The number of benzene rings is 1. The largest absolute Gasteiger partial charge is 0.375 e. The maximum atomic E-state index is 10.6. The Labute approximate surface area is 130 Å². The Balaban J connectivity index is 3.02. The van der Waals surface area contributed by atoms with Gasteiger partial charge in [0.25, 0.3) is 5.69 Å². The first kappa shape index (κ1) is 16.4. The Kier molecular flexibility index (Phi) is 6.10. The van der Waals surface area contributed by atoms with Crippen molar-refractivity contribution >= 4 is 52.3 Å². The molecule has 0 unspecified atom stereocenters. The maximum absolute atomic E-state index is 10.6. The second-order valence-corrected chi connectivity index (χ2v) is 4.39. The molecule has 6 N–H and O–H groups in total. The molecule has 0 radical (unpaired) electrons. The Morgan fingerprint density at radius 1 is 1.19 bits per heavy atom. The lowest BCUT2D eigenvalue weighted by atomic mass is 10.1. The van der Waals surface area contributed by atoms with Gasteiger partial charge in [0.05, 0.1) is 11.1 Å². The number of hydrogen-bond acceptors (Lipinski definition) is 6. The molecule has 11 heteroatoms. The van der Waals surface area contributed by atoms with Crippen LogP contribution in [0.3, 0.4) is 0 Å². The van der Waals surface area contributed by atoms with Crippen molar-refractivity contribution in [1.82, 2.24) is 10.9 Å². The fourth-order valence-electron chi connectivity index (χ4n) is 1.19. The molecule has 21 heavy (non-hydrogen) atoms. The van der Waals surface area contributed by atoms with Crippen molar-refractivity contribution < 1.29 is 4.92 Å². The summed E-state index contributed by atoms with van der Waals surface area (Å²) in [7, 11) is 0. The standard InChI is InChI=1S/C10H11N7O2S2/c11-9(20)15-13-5-8(14-16-10(12)21)6-1-3-7(4-2-6)17(18)19/h1-5H,(H3,11,15,20)(H3,12,16,21)/b13-5+,14-8+. The first-order valence-electron chi connectivity index (χ1n) is 5.36. The van der Waals surface area contributed by atoms with Gasteiger partial charge in [-0.1, -0.05) is 0 Å². The highest BCUT2D eigenvalue weighted by atomic mass is 32.1. The molecule has 0 fully saturated rings. The van der Waals surface area contributed by atoms with E-state index in [9.17, 15) is 10.1 Å². The molecule has 0 saturated carbocycles. The highest BCUT2D eigenvalue weighted by Crippen LogP contribution is 2.12. The first-order chi connectivity index (χ1) is 9.90. The third-order valence-electron chi connectivity index (χ3n) is 2.02. The van der Waals surface area contributed by atoms with Gasteiger partial charge in [-0.3, -0.25) is 21.0 Å². The molecule has 0 aromatic heterocycles. The Bertz CT molecular complexity index is 612. The lowest BCUT2D eigenvalue weighted by molar-refractivity contribution is -0.384. The number of nitrogens with two attached hydrogens (primary N) is 2. The Morgan fingerprint density at radius 2 is 1.76 bits per heavy atom. The zero-order valence-electron chi connectivity index (χ0n) is 10.5. The van der Waals surface area contributed by atoms with Gasteiger partial charge >= 0.3 is 0 Å². The molecule has 0 aliphatic heterocycles. The maximum Gasteiger partial charge on any atom is 0.269 e. The highest BCUT2D eigenvalue weighted by Gasteiger charge is 2.07. The van der Waals surface area contributed by atoms with E-state index in [0.29, 0.717) is 11.3 Å². The van der Waals surface area contributed by atoms with Crippen LogP contribution < -0.4 is 22.3 Å². The number of nitro groups is 1. The molecule has 1 aromatic carbocycles. The number of non-ortho nitro benzene ring substituents is 1. The topological polar surface area (TPSA) is 144 Å². The minimum Gasteiger partial charge on any atom is -0.375 e. The third kappa shape index (κ3) is 5.88. The van der Waals surface area contributed by atoms with Gasteiger partial charge in [0.1, 0.15) is 5.71 Å². The lowest BCUT2D eigenvalue weighted by Crippen LogP contribution is -2.27. The molecule has 0 heterocycles. The van der Waals surface area contributed by atoms with Crippen LogP contribution in [0, 0.1) is 10.1 Å². The summed E-state index contributed by atoms with van der Waals surface area (Å²) in [6.45, 7) is 0. The van der Waals surface area contributed by atoms with E-state index < -0.39 is 4.92 Å². The molecule has 0 spiro atoms. The van der Waals surface area contributed by atoms with Gasteiger partial charge in [0.2, 0.25) is 0 Å². The predicted molar refractivity (Wildman–Crippen MR) is 88.0 cm³/mol. The van der Waals surface area contributed by atoms with E-state index in [0.717, 1.165) is 0 Å². The van der Waals surface area contributed by atoms with Crippen LogP contribution in [0.4, 0.5) is 5.69 Å². The summed E-state index contributed by atoms with van der Waals surface area (Å²) in [5.41, 5.74) is 16.1. The molecule has 0 saturated heterocycles. The Hall–Kier alpha value is -2.66. The minimum absolute atomic E-state index is 0.0170. The first-order valence-corrected chi connectivity index (χ1v) is 6.18. The molecular weight excluding hydrogens is 314 g/mol. The second-order valence-electron chi connectivity index (χ2n) is 3.51. The number of thiocarbonyl (C=S) groups is 2. The summed E-state index contributed by atoms with van der Waals surface area (Å²) in [5, 5.41) is 18.2. The van der Waals surface area contributed by atoms with Crippen LogP contribution >= 0.6 is 24.4 Å². The molecule has 0 aliphatic carbocycles. The predicted octanol–water partition coefficient (Wildman–Crippen LogP) is -0.0489. The quantitative estimate of drug-likeness (QED) is 0.255. The van der Waals surface area contributed by atoms with Crippen molar-refractivity contribution in [3.05, 3.63) is 39.9 Å². The molecule has 1 rings (SSSR count). The van der Waals surface area contributed by atoms with Gasteiger partial charge in [0.15, 0.2) is 10.2 Å². The van der Waals surface area contributed by atoms with Gasteiger partial charge in [-0.05, 0) is 36.6 Å². The normalized spacial score (nSPS) is 11.1. The minimum atomic E-state index is -0.504. The van der Waals surface area contributed by atoms with Gasteiger partial charge in [-0.15, -0.1) is 0 Å². The van der Waals surface area contributed by atoms with E-state index in [1.807, 2.05) is 0 Å². The van der Waals surface area contributed by atoms with Crippen molar-refractivity contribution in [2.24, 2.45) is 21.7 Å². The summed E-state index contributed by atoms with van der Waals surface area (Å²) in [5.74, 6) is 0. The molecule has 110 valence electrons. The monoisotopic (exact) mass is 325 g/mol. The van der Waals surface area contributed by atoms with Crippen LogP contribution in [0.25, 0.3) is 0 Å². The fraction of sp³-hybridized carbons (Fsp3) is 0. The number of rotatable bonds is 5. The second kappa shape index (κ2) is 7.81. The van der Waals surface area contributed by atoms with E-state index in [4.69, 9.17) is 11.5 Å². The van der Waals surface area contributed by atoms with Gasteiger partial charge < -0.3 is 11.5 Å². The number of nitro benzene ring substituents is 1. The van der Waals surface area contributed by atoms with Crippen LogP contribution in [0.15, 0.2) is 34.5 Å². The average molecular weight is 325 g/mol. The molecule has 0 bridgehead atoms. The summed E-state index contributed by atoms with van der Waals surface area (Å²) in [6, 6.07) is 5.68. The number of hydrogen-bond donors (Lipinski definition) is 4. The molecule has 0 aliphatic rings. The lowest BCUT2D eigenvalue weighted by Gasteiger charge is -2.03. The summed E-state index contributed by atoms with van der Waals surface area (Å²) in [6.07, 6.45) is 1.31. The van der Waals surface area contributed by atoms with Gasteiger partial charge in [-0.25, -0.2) is 0 Å². The molecule has 1 aromatic rings. The molecule has 0 atom stereocenters. The summed E-state index contributed by atoms with van der Waals surface area (Å²) in [4.78, 5) is 10.1. The fourth-order valence-corrected chi connectivity index (χ4v) is 1.29. The van der Waals surface area contributed by atoms with Crippen molar-refractivity contribution in [1.29, 1.82) is 0 Å². The van der Waals surface area contributed by atoms with Crippen molar-refractivity contribution in [3.8, 4) is 0 Å². The van der Waals surface area contributed by atoms with Crippen molar-refractivity contribution in [2.45, 2.75) is 0 Å². The van der Waals surface area contributed by atoms with E-state index in [-0.39, 0.29) is 15.9 Å². The van der Waals surface area contributed by atoms with Crippen molar-refractivity contribution in [2.75, 3.05) is 0 Å². The van der Waals surface area contributed by atoms with Crippen LogP contribution in [-0.4, -0.2) is 27.1 Å². The Morgan fingerprint density at radius 3 is 2.24 bits per heavy atom. The van der Waals surface area contributed by atoms with Gasteiger partial charge in [-0.2, -0.15) is 10.2 Å². The van der Waals surface area contributed by atoms with E-state index in [1.165, 1.54) is 30.5 Å². The van der Waals surface area contributed by atoms with Crippen LogP contribution in [0.1, 0.15) is 5.56 Å². The number of hydrazone groups is 2. The third-order valence-corrected chi connectivity index (χ3v) is 2.20. The van der Waals surface area contributed by atoms with Crippen LogP contribution in [-0.2, 0) is 0 Å². The van der Waals surface area contributed by atoms with Gasteiger partial charge in [0, 0.05) is 17.7 Å².